The third-order valence-corrected chi connectivity index (χ3v) is 5.38. The largest absolute Gasteiger partial charge is 0.339 e. The zero-order valence-corrected chi connectivity index (χ0v) is 18.4. The van der Waals surface area contributed by atoms with E-state index in [1.165, 1.54) is 0 Å². The predicted molar refractivity (Wildman–Crippen MR) is 123 cm³/mol. The monoisotopic (exact) mass is 429 g/mol. The average molecular weight is 430 g/mol. The van der Waals surface area contributed by atoms with Crippen molar-refractivity contribution >= 4 is 23.7 Å². The van der Waals surface area contributed by atoms with Crippen LogP contribution in [0.15, 0.2) is 49.1 Å². The van der Waals surface area contributed by atoms with Crippen molar-refractivity contribution in [3.8, 4) is 0 Å². The molecule has 1 unspecified atom stereocenters. The summed E-state index contributed by atoms with van der Waals surface area (Å²) in [5.74, 6) is 1.60. The van der Waals surface area contributed by atoms with Gasteiger partial charge in [0, 0.05) is 54.7 Å². The lowest BCUT2D eigenvalue weighted by Crippen LogP contribution is -2.39. The Balaban J connectivity index is 1.37. The van der Waals surface area contributed by atoms with Gasteiger partial charge in [0.05, 0.1) is 0 Å². The molecule has 32 heavy (non-hydrogen) atoms. The zero-order valence-electron chi connectivity index (χ0n) is 18.4. The molecule has 0 aliphatic carbocycles. The molecule has 0 bridgehead atoms. The molecule has 1 fully saturated rings. The molecule has 1 aliphatic rings. The number of aromatic nitrogens is 5. The first-order chi connectivity index (χ1) is 15.5. The van der Waals surface area contributed by atoms with Gasteiger partial charge < -0.3 is 10.2 Å². The number of carbonyl (C=O) groups excluding carboxylic acids is 1. The van der Waals surface area contributed by atoms with E-state index in [0.29, 0.717) is 17.7 Å². The molecule has 3 aromatic rings. The summed E-state index contributed by atoms with van der Waals surface area (Å²) >= 11 is 0. The Morgan fingerprint density at radius 2 is 2.06 bits per heavy atom. The van der Waals surface area contributed by atoms with Crippen molar-refractivity contribution in [3.05, 3.63) is 71.7 Å². The van der Waals surface area contributed by atoms with Crippen LogP contribution in [0.1, 0.15) is 35.5 Å². The van der Waals surface area contributed by atoms with Crippen LogP contribution in [0.25, 0.3) is 6.08 Å². The molecule has 1 N–H and O–H groups in total. The maximum atomic E-state index is 12.7. The standard InChI is InChI=1S/C24H27N7O/c1-17-11-18(2)29-24(28-17)30-22-13-21(26-16-27-22)12-20-6-4-10-31(15-20)23(32)8-7-19-5-3-9-25-14-19/h3,5,7-9,11,13-14,16,20H,4,6,10,12,15H2,1-2H3,(H,26,27,28,29,30)/b8-7+. The highest BCUT2D eigenvalue weighted by atomic mass is 16.2. The van der Waals surface area contributed by atoms with Crippen LogP contribution in [0.2, 0.25) is 0 Å². The molecule has 3 aromatic heterocycles. The number of amides is 1. The van der Waals surface area contributed by atoms with Gasteiger partial charge in [-0.25, -0.2) is 19.9 Å². The van der Waals surface area contributed by atoms with Crippen LogP contribution < -0.4 is 5.32 Å². The van der Waals surface area contributed by atoms with E-state index in [2.05, 4.69) is 30.2 Å². The van der Waals surface area contributed by atoms with E-state index in [1.807, 2.05) is 49.1 Å². The van der Waals surface area contributed by atoms with Gasteiger partial charge in [-0.15, -0.1) is 0 Å². The summed E-state index contributed by atoms with van der Waals surface area (Å²) in [6.07, 6.45) is 11.3. The Labute approximate surface area is 187 Å². The van der Waals surface area contributed by atoms with Gasteiger partial charge in [0.15, 0.2) is 0 Å². The second-order valence-corrected chi connectivity index (χ2v) is 8.11. The molecule has 1 aliphatic heterocycles. The highest BCUT2D eigenvalue weighted by Gasteiger charge is 2.23. The molecule has 1 atom stereocenters. The predicted octanol–water partition coefficient (Wildman–Crippen LogP) is 3.52. The van der Waals surface area contributed by atoms with Crippen LogP contribution in [-0.4, -0.2) is 48.8 Å². The number of aryl methyl sites for hydroxylation is 2. The Bertz CT molecular complexity index is 1080. The minimum Gasteiger partial charge on any atom is -0.339 e. The fourth-order valence-electron chi connectivity index (χ4n) is 3.95. The molecule has 0 spiro atoms. The van der Waals surface area contributed by atoms with Crippen molar-refractivity contribution in [2.45, 2.75) is 33.1 Å². The number of anilines is 2. The first kappa shape index (κ1) is 21.5. The zero-order chi connectivity index (χ0) is 22.3. The first-order valence-corrected chi connectivity index (χ1v) is 10.8. The molecule has 8 heteroatoms. The van der Waals surface area contributed by atoms with Crippen molar-refractivity contribution < 1.29 is 4.79 Å². The molecule has 8 nitrogen and oxygen atoms in total. The van der Waals surface area contributed by atoms with Crippen LogP contribution in [0.4, 0.5) is 11.8 Å². The number of rotatable bonds is 6. The van der Waals surface area contributed by atoms with Gasteiger partial charge in [0.2, 0.25) is 11.9 Å². The number of pyridine rings is 1. The molecule has 1 amide bonds. The summed E-state index contributed by atoms with van der Waals surface area (Å²) in [5, 5.41) is 3.17. The molecular formula is C24H27N7O. The minimum atomic E-state index is 0.0376. The number of piperidine rings is 1. The average Bonchev–Trinajstić information content (AvgIpc) is 2.78. The van der Waals surface area contributed by atoms with Gasteiger partial charge in [-0.05, 0) is 62.8 Å². The van der Waals surface area contributed by atoms with Crippen molar-refractivity contribution in [2.24, 2.45) is 5.92 Å². The Kier molecular flexibility index (Phi) is 6.79. The molecule has 164 valence electrons. The fourth-order valence-corrected chi connectivity index (χ4v) is 3.95. The number of carbonyl (C=O) groups is 1. The van der Waals surface area contributed by atoms with Crippen molar-refractivity contribution in [1.82, 2.24) is 29.8 Å². The third-order valence-electron chi connectivity index (χ3n) is 5.38. The van der Waals surface area contributed by atoms with Crippen LogP contribution in [-0.2, 0) is 11.2 Å². The summed E-state index contributed by atoms with van der Waals surface area (Å²) in [5.41, 5.74) is 3.66. The summed E-state index contributed by atoms with van der Waals surface area (Å²) in [7, 11) is 0. The lowest BCUT2D eigenvalue weighted by atomic mass is 9.93. The van der Waals surface area contributed by atoms with E-state index in [1.54, 1.807) is 24.8 Å². The highest BCUT2D eigenvalue weighted by molar-refractivity contribution is 5.91. The van der Waals surface area contributed by atoms with Crippen LogP contribution >= 0.6 is 0 Å². The van der Waals surface area contributed by atoms with Crippen LogP contribution in [0, 0.1) is 19.8 Å². The summed E-state index contributed by atoms with van der Waals surface area (Å²) in [6.45, 7) is 5.39. The van der Waals surface area contributed by atoms with Crippen molar-refractivity contribution in [2.75, 3.05) is 18.4 Å². The van der Waals surface area contributed by atoms with Crippen molar-refractivity contribution in [3.63, 3.8) is 0 Å². The molecule has 0 aromatic carbocycles. The van der Waals surface area contributed by atoms with E-state index in [9.17, 15) is 4.79 Å². The maximum absolute atomic E-state index is 12.7. The summed E-state index contributed by atoms with van der Waals surface area (Å²) in [4.78, 5) is 36.2. The molecule has 0 saturated carbocycles. The minimum absolute atomic E-state index is 0.0376. The van der Waals surface area contributed by atoms with E-state index in [0.717, 1.165) is 55.0 Å². The van der Waals surface area contributed by atoms with E-state index >= 15 is 0 Å². The number of hydrogen-bond acceptors (Lipinski definition) is 7. The quantitative estimate of drug-likeness (QED) is 0.599. The smallest absolute Gasteiger partial charge is 0.246 e. The Morgan fingerprint density at radius 1 is 1.22 bits per heavy atom. The fraction of sp³-hybridized carbons (Fsp3) is 0.333. The van der Waals surface area contributed by atoms with E-state index < -0.39 is 0 Å². The lowest BCUT2D eigenvalue weighted by molar-refractivity contribution is -0.127. The van der Waals surface area contributed by atoms with Crippen LogP contribution in [0.3, 0.4) is 0 Å². The van der Waals surface area contributed by atoms with Gasteiger partial charge in [-0.2, -0.15) is 0 Å². The molecular weight excluding hydrogens is 402 g/mol. The second-order valence-electron chi connectivity index (χ2n) is 8.11. The number of hydrogen-bond donors (Lipinski definition) is 1. The molecule has 1 saturated heterocycles. The normalized spacial score (nSPS) is 16.3. The highest BCUT2D eigenvalue weighted by Crippen LogP contribution is 2.22. The van der Waals surface area contributed by atoms with Crippen molar-refractivity contribution in [1.29, 1.82) is 0 Å². The van der Waals surface area contributed by atoms with Gasteiger partial charge >= 0.3 is 0 Å². The van der Waals surface area contributed by atoms with Gasteiger partial charge in [0.1, 0.15) is 12.1 Å². The summed E-state index contributed by atoms with van der Waals surface area (Å²) in [6, 6.07) is 7.65. The van der Waals surface area contributed by atoms with Crippen LogP contribution in [0.5, 0.6) is 0 Å². The van der Waals surface area contributed by atoms with E-state index in [4.69, 9.17) is 0 Å². The SMILES string of the molecule is Cc1cc(C)nc(Nc2cc(CC3CCCN(C(=O)/C=C/c4cccnc4)C3)ncn2)n1. The van der Waals surface area contributed by atoms with Gasteiger partial charge in [-0.1, -0.05) is 6.07 Å². The molecule has 4 heterocycles. The summed E-state index contributed by atoms with van der Waals surface area (Å²) < 4.78 is 0. The Hall–Kier alpha value is -3.68. The van der Waals surface area contributed by atoms with Gasteiger partial charge in [0.25, 0.3) is 0 Å². The molecule has 0 radical (unpaired) electrons. The number of nitrogens with zero attached hydrogens (tertiary/aromatic N) is 6. The molecule has 4 rings (SSSR count). The Morgan fingerprint density at radius 3 is 2.84 bits per heavy atom. The maximum Gasteiger partial charge on any atom is 0.246 e. The number of nitrogens with one attached hydrogen (secondary N) is 1. The number of likely N-dealkylation sites (tertiary alicyclic amines) is 1. The van der Waals surface area contributed by atoms with E-state index in [-0.39, 0.29) is 5.91 Å². The van der Waals surface area contributed by atoms with Gasteiger partial charge in [-0.3, -0.25) is 9.78 Å². The lowest BCUT2D eigenvalue weighted by Gasteiger charge is -2.32. The first-order valence-electron chi connectivity index (χ1n) is 10.8. The third kappa shape index (κ3) is 5.94. The topological polar surface area (TPSA) is 96.8 Å². The second kappa shape index (κ2) is 10.1.